The van der Waals surface area contributed by atoms with Gasteiger partial charge in [0.15, 0.2) is 0 Å². The molecule has 2 atom stereocenters. The zero-order valence-electron chi connectivity index (χ0n) is 16.0. The Balaban J connectivity index is 1.75. The number of carbonyl (C=O) groups excluding carboxylic acids is 1. The SMILES string of the molecule is CC(C)NC(=O)N1CC[C@@H](N2CCN(C)CC2)[C@@H]1Cc1cnn(C)c1. The normalized spacial score (nSPS) is 25.7. The highest BCUT2D eigenvalue weighted by molar-refractivity contribution is 5.75. The first-order valence-electron chi connectivity index (χ1n) is 9.41. The van der Waals surface area contributed by atoms with Crippen molar-refractivity contribution in [2.24, 2.45) is 7.05 Å². The third-order valence-electron chi connectivity index (χ3n) is 5.39. The van der Waals surface area contributed by atoms with Crippen molar-refractivity contribution in [3.63, 3.8) is 0 Å². The first-order valence-corrected chi connectivity index (χ1v) is 9.41. The van der Waals surface area contributed by atoms with Gasteiger partial charge in [0.2, 0.25) is 0 Å². The van der Waals surface area contributed by atoms with Crippen molar-refractivity contribution in [3.8, 4) is 0 Å². The van der Waals surface area contributed by atoms with Gasteiger partial charge in [0.05, 0.1) is 12.2 Å². The fraction of sp³-hybridized carbons (Fsp3) is 0.778. The summed E-state index contributed by atoms with van der Waals surface area (Å²) in [6.07, 6.45) is 5.92. The molecular weight excluding hydrogens is 316 g/mol. The molecule has 2 amide bonds. The molecule has 7 heteroatoms. The third-order valence-corrected chi connectivity index (χ3v) is 5.39. The predicted octanol–water partition coefficient (Wildman–Crippen LogP) is 0.771. The minimum Gasteiger partial charge on any atom is -0.336 e. The average molecular weight is 348 g/mol. The summed E-state index contributed by atoms with van der Waals surface area (Å²) in [5.74, 6) is 0. The van der Waals surface area contributed by atoms with Crippen LogP contribution in [-0.4, -0.2) is 88.4 Å². The van der Waals surface area contributed by atoms with Crippen molar-refractivity contribution < 1.29 is 4.79 Å². The molecular formula is C18H32N6O. The van der Waals surface area contributed by atoms with Gasteiger partial charge in [0.25, 0.3) is 0 Å². The Morgan fingerprint density at radius 1 is 1.24 bits per heavy atom. The van der Waals surface area contributed by atoms with Crippen LogP contribution >= 0.6 is 0 Å². The average Bonchev–Trinajstić information content (AvgIpc) is 3.14. The van der Waals surface area contributed by atoms with E-state index in [1.807, 2.05) is 31.8 Å². The van der Waals surface area contributed by atoms with Crippen LogP contribution in [0.3, 0.4) is 0 Å². The van der Waals surface area contributed by atoms with Crippen LogP contribution in [0.25, 0.3) is 0 Å². The van der Waals surface area contributed by atoms with E-state index < -0.39 is 0 Å². The van der Waals surface area contributed by atoms with E-state index in [0.29, 0.717) is 6.04 Å². The number of rotatable bonds is 4. The van der Waals surface area contributed by atoms with Crippen molar-refractivity contribution >= 4 is 6.03 Å². The summed E-state index contributed by atoms with van der Waals surface area (Å²) >= 11 is 0. The van der Waals surface area contributed by atoms with Gasteiger partial charge in [-0.1, -0.05) is 0 Å². The molecule has 0 aromatic carbocycles. The molecule has 3 rings (SSSR count). The fourth-order valence-corrected chi connectivity index (χ4v) is 4.06. The summed E-state index contributed by atoms with van der Waals surface area (Å²) in [5.41, 5.74) is 1.20. The van der Waals surface area contributed by atoms with Crippen LogP contribution in [0.2, 0.25) is 0 Å². The molecule has 0 spiro atoms. The Morgan fingerprint density at radius 2 is 1.96 bits per heavy atom. The number of aryl methyl sites for hydroxylation is 1. The lowest BCUT2D eigenvalue weighted by Gasteiger charge is -2.40. The van der Waals surface area contributed by atoms with Gasteiger partial charge in [-0.15, -0.1) is 0 Å². The zero-order valence-corrected chi connectivity index (χ0v) is 16.0. The molecule has 0 radical (unpaired) electrons. The quantitative estimate of drug-likeness (QED) is 0.873. The van der Waals surface area contributed by atoms with Crippen LogP contribution in [0.5, 0.6) is 0 Å². The zero-order chi connectivity index (χ0) is 18.0. The summed E-state index contributed by atoms with van der Waals surface area (Å²) in [6, 6.07) is 0.882. The maximum Gasteiger partial charge on any atom is 0.317 e. The minimum absolute atomic E-state index is 0.0699. The topological polar surface area (TPSA) is 56.6 Å². The highest BCUT2D eigenvalue weighted by atomic mass is 16.2. The number of urea groups is 1. The standard InChI is InChI=1S/C18H32N6O/c1-14(2)20-18(25)24-6-5-16(23-9-7-21(3)8-10-23)17(24)11-15-12-19-22(4)13-15/h12-14,16-17H,5-11H2,1-4H3,(H,20,25)/t16-,17+/m1/s1. The van der Waals surface area contributed by atoms with E-state index in [2.05, 4.69) is 38.4 Å². The molecule has 3 heterocycles. The van der Waals surface area contributed by atoms with E-state index in [-0.39, 0.29) is 18.1 Å². The minimum atomic E-state index is 0.0699. The number of amides is 2. The van der Waals surface area contributed by atoms with Gasteiger partial charge in [-0.2, -0.15) is 5.10 Å². The van der Waals surface area contributed by atoms with Gasteiger partial charge in [-0.3, -0.25) is 9.58 Å². The van der Waals surface area contributed by atoms with E-state index in [4.69, 9.17) is 0 Å². The van der Waals surface area contributed by atoms with Crippen molar-refractivity contribution in [1.82, 2.24) is 29.8 Å². The van der Waals surface area contributed by atoms with Gasteiger partial charge in [-0.05, 0) is 39.3 Å². The van der Waals surface area contributed by atoms with E-state index >= 15 is 0 Å². The molecule has 1 aromatic heterocycles. The monoisotopic (exact) mass is 348 g/mol. The summed E-state index contributed by atoms with van der Waals surface area (Å²) < 4.78 is 1.84. The summed E-state index contributed by atoms with van der Waals surface area (Å²) in [7, 11) is 4.13. The molecule has 0 bridgehead atoms. The lowest BCUT2D eigenvalue weighted by molar-refractivity contribution is 0.0908. The van der Waals surface area contributed by atoms with Gasteiger partial charge in [-0.25, -0.2) is 4.79 Å². The van der Waals surface area contributed by atoms with Crippen molar-refractivity contribution in [2.75, 3.05) is 39.8 Å². The molecule has 25 heavy (non-hydrogen) atoms. The molecule has 7 nitrogen and oxygen atoms in total. The number of likely N-dealkylation sites (N-methyl/N-ethyl adjacent to an activating group) is 1. The largest absolute Gasteiger partial charge is 0.336 e. The van der Waals surface area contributed by atoms with Crippen molar-refractivity contribution in [1.29, 1.82) is 0 Å². The van der Waals surface area contributed by atoms with Crippen molar-refractivity contribution in [2.45, 2.75) is 44.8 Å². The second-order valence-electron chi connectivity index (χ2n) is 7.79. The van der Waals surface area contributed by atoms with Crippen LogP contribution in [-0.2, 0) is 13.5 Å². The van der Waals surface area contributed by atoms with Crippen LogP contribution in [0.1, 0.15) is 25.8 Å². The highest BCUT2D eigenvalue weighted by Gasteiger charge is 2.40. The first kappa shape index (κ1) is 18.2. The highest BCUT2D eigenvalue weighted by Crippen LogP contribution is 2.27. The Hall–Kier alpha value is -1.60. The van der Waals surface area contributed by atoms with Gasteiger partial charge < -0.3 is 15.1 Å². The summed E-state index contributed by atoms with van der Waals surface area (Å²) in [5, 5.41) is 7.38. The molecule has 0 unspecified atom stereocenters. The molecule has 2 aliphatic heterocycles. The van der Waals surface area contributed by atoms with Gasteiger partial charge in [0, 0.05) is 58.1 Å². The third kappa shape index (κ3) is 4.33. The fourth-order valence-electron chi connectivity index (χ4n) is 4.06. The maximum absolute atomic E-state index is 12.7. The summed E-state index contributed by atoms with van der Waals surface area (Å²) in [4.78, 5) is 19.7. The molecule has 2 saturated heterocycles. The number of aromatic nitrogens is 2. The molecule has 1 N–H and O–H groups in total. The van der Waals surface area contributed by atoms with Crippen molar-refractivity contribution in [3.05, 3.63) is 18.0 Å². The van der Waals surface area contributed by atoms with Gasteiger partial charge >= 0.3 is 6.03 Å². The van der Waals surface area contributed by atoms with E-state index in [1.165, 1.54) is 5.56 Å². The predicted molar refractivity (Wildman–Crippen MR) is 98.5 cm³/mol. The number of piperazine rings is 1. The number of carbonyl (C=O) groups is 1. The van der Waals surface area contributed by atoms with Gasteiger partial charge in [0.1, 0.15) is 0 Å². The van der Waals surface area contributed by atoms with E-state index in [0.717, 1.165) is 45.6 Å². The van der Waals surface area contributed by atoms with Crippen LogP contribution < -0.4 is 5.32 Å². The smallest absolute Gasteiger partial charge is 0.317 e. The molecule has 0 aliphatic carbocycles. The number of likely N-dealkylation sites (tertiary alicyclic amines) is 1. The van der Waals surface area contributed by atoms with E-state index in [1.54, 1.807) is 0 Å². The number of hydrogen-bond acceptors (Lipinski definition) is 4. The molecule has 1 aromatic rings. The number of nitrogens with zero attached hydrogens (tertiary/aromatic N) is 5. The summed E-state index contributed by atoms with van der Waals surface area (Å²) in [6.45, 7) is 9.25. The first-order chi connectivity index (χ1) is 11.9. The second-order valence-corrected chi connectivity index (χ2v) is 7.79. The molecule has 2 fully saturated rings. The number of nitrogens with one attached hydrogen (secondary N) is 1. The Labute approximate surface area is 150 Å². The molecule has 0 saturated carbocycles. The molecule has 140 valence electrons. The van der Waals surface area contributed by atoms with Crippen LogP contribution in [0.4, 0.5) is 4.79 Å². The van der Waals surface area contributed by atoms with E-state index in [9.17, 15) is 4.79 Å². The second kappa shape index (κ2) is 7.74. The Kier molecular flexibility index (Phi) is 5.64. The van der Waals surface area contributed by atoms with Crippen LogP contribution in [0.15, 0.2) is 12.4 Å². The lowest BCUT2D eigenvalue weighted by Crippen LogP contribution is -2.55. The lowest BCUT2D eigenvalue weighted by atomic mass is 10.00. The van der Waals surface area contributed by atoms with Crippen LogP contribution in [0, 0.1) is 0 Å². The molecule has 2 aliphatic rings. The maximum atomic E-state index is 12.7. The Bertz CT molecular complexity index is 578. The Morgan fingerprint density at radius 3 is 2.56 bits per heavy atom. The number of hydrogen-bond donors (Lipinski definition) is 1.